The fourth-order valence-corrected chi connectivity index (χ4v) is 1.79. The van der Waals surface area contributed by atoms with Crippen LogP contribution in [-0.4, -0.2) is 34.0 Å². The second-order valence-electron chi connectivity index (χ2n) is 4.24. The molecule has 0 aliphatic carbocycles. The number of carbonyl (C=O) groups excluding carboxylic acids is 1. The summed E-state index contributed by atoms with van der Waals surface area (Å²) < 4.78 is 2.17. The molecule has 0 unspecified atom stereocenters. The molecule has 0 fully saturated rings. The van der Waals surface area contributed by atoms with E-state index >= 15 is 0 Å². The third-order valence-electron chi connectivity index (χ3n) is 2.74. The lowest BCUT2D eigenvalue weighted by molar-refractivity contribution is -0.123. The van der Waals surface area contributed by atoms with E-state index in [-0.39, 0.29) is 5.91 Å². The molecule has 98 valence electrons. The number of hydrogen-bond donors (Lipinski definition) is 0. The van der Waals surface area contributed by atoms with Crippen molar-refractivity contribution in [2.75, 3.05) is 13.6 Å². The van der Waals surface area contributed by atoms with Crippen molar-refractivity contribution in [3.63, 3.8) is 0 Å². The topological polar surface area (TPSA) is 38.1 Å². The number of aryl methyl sites for hydroxylation is 2. The molecule has 0 radical (unpaired) electrons. The van der Waals surface area contributed by atoms with Crippen molar-refractivity contribution in [3.05, 3.63) is 18.2 Å². The predicted octanol–water partition coefficient (Wildman–Crippen LogP) is 1.71. The van der Waals surface area contributed by atoms with Gasteiger partial charge in [0.1, 0.15) is 5.82 Å². The first-order valence-electron chi connectivity index (χ1n) is 6.37. The smallest absolute Gasteiger partial charge is 0.298 e. The molecular weight excluding hydrogens is 226 g/mol. The van der Waals surface area contributed by atoms with Crippen molar-refractivity contribution in [1.82, 2.24) is 14.5 Å². The SMILES string of the molecule is CC#CC(=O)N(C)CCCc1nccn1CCC. The molecule has 1 amide bonds. The number of hydrogen-bond acceptors (Lipinski definition) is 2. The summed E-state index contributed by atoms with van der Waals surface area (Å²) in [6.07, 6.45) is 6.76. The second kappa shape index (κ2) is 7.54. The summed E-state index contributed by atoms with van der Waals surface area (Å²) in [7, 11) is 1.78. The van der Waals surface area contributed by atoms with Crippen LogP contribution >= 0.6 is 0 Å². The van der Waals surface area contributed by atoms with Gasteiger partial charge in [0.15, 0.2) is 0 Å². The average molecular weight is 247 g/mol. The summed E-state index contributed by atoms with van der Waals surface area (Å²) in [6.45, 7) is 5.55. The van der Waals surface area contributed by atoms with Crippen molar-refractivity contribution in [1.29, 1.82) is 0 Å². The Bertz CT molecular complexity index is 439. The largest absolute Gasteiger partial charge is 0.335 e. The number of aromatic nitrogens is 2. The van der Waals surface area contributed by atoms with Gasteiger partial charge in [0.05, 0.1) is 0 Å². The van der Waals surface area contributed by atoms with Gasteiger partial charge in [0, 0.05) is 39.0 Å². The molecule has 1 heterocycles. The molecule has 0 saturated heterocycles. The summed E-state index contributed by atoms with van der Waals surface area (Å²) in [5.74, 6) is 6.14. The van der Waals surface area contributed by atoms with Crippen molar-refractivity contribution < 1.29 is 4.79 Å². The van der Waals surface area contributed by atoms with Gasteiger partial charge in [-0.15, -0.1) is 0 Å². The quantitative estimate of drug-likeness (QED) is 0.718. The molecule has 0 spiro atoms. The summed E-state index contributed by atoms with van der Waals surface area (Å²) in [5.41, 5.74) is 0. The van der Waals surface area contributed by atoms with Crippen LogP contribution in [0.15, 0.2) is 12.4 Å². The van der Waals surface area contributed by atoms with E-state index in [1.54, 1.807) is 18.9 Å². The molecule has 1 rings (SSSR count). The van der Waals surface area contributed by atoms with Crippen molar-refractivity contribution in [3.8, 4) is 11.8 Å². The van der Waals surface area contributed by atoms with Crippen LogP contribution in [0.1, 0.15) is 32.5 Å². The Hall–Kier alpha value is -1.76. The average Bonchev–Trinajstić information content (AvgIpc) is 2.77. The monoisotopic (exact) mass is 247 g/mol. The van der Waals surface area contributed by atoms with E-state index in [0.29, 0.717) is 6.54 Å². The number of carbonyl (C=O) groups is 1. The number of nitrogens with zero attached hydrogens (tertiary/aromatic N) is 3. The number of rotatable bonds is 6. The van der Waals surface area contributed by atoms with E-state index in [1.807, 2.05) is 12.4 Å². The summed E-state index contributed by atoms with van der Waals surface area (Å²) in [4.78, 5) is 17.4. The molecular formula is C14H21N3O. The molecule has 1 aromatic heterocycles. The summed E-state index contributed by atoms with van der Waals surface area (Å²) in [5, 5.41) is 0. The van der Waals surface area contributed by atoms with Gasteiger partial charge < -0.3 is 9.47 Å². The number of amides is 1. The maximum atomic E-state index is 11.4. The Morgan fingerprint density at radius 2 is 2.33 bits per heavy atom. The summed E-state index contributed by atoms with van der Waals surface area (Å²) in [6, 6.07) is 0. The van der Waals surface area contributed by atoms with Crippen molar-refractivity contribution in [2.24, 2.45) is 0 Å². The van der Waals surface area contributed by atoms with Gasteiger partial charge in [-0.25, -0.2) is 4.98 Å². The lowest BCUT2D eigenvalue weighted by Gasteiger charge is -2.13. The first-order valence-corrected chi connectivity index (χ1v) is 6.37. The fraction of sp³-hybridized carbons (Fsp3) is 0.571. The van der Waals surface area contributed by atoms with E-state index < -0.39 is 0 Å². The molecule has 0 bridgehead atoms. The van der Waals surface area contributed by atoms with Crippen LogP contribution in [0.3, 0.4) is 0 Å². The van der Waals surface area contributed by atoms with Crippen LogP contribution in [0.4, 0.5) is 0 Å². The molecule has 1 aromatic rings. The highest BCUT2D eigenvalue weighted by Gasteiger charge is 2.06. The molecule has 4 heteroatoms. The second-order valence-corrected chi connectivity index (χ2v) is 4.24. The van der Waals surface area contributed by atoms with Gasteiger partial charge in [0.2, 0.25) is 0 Å². The van der Waals surface area contributed by atoms with Crippen molar-refractivity contribution in [2.45, 2.75) is 39.7 Å². The van der Waals surface area contributed by atoms with E-state index in [1.165, 1.54) is 0 Å². The third-order valence-corrected chi connectivity index (χ3v) is 2.74. The Morgan fingerprint density at radius 3 is 3.00 bits per heavy atom. The zero-order chi connectivity index (χ0) is 13.4. The van der Waals surface area contributed by atoms with Crippen LogP contribution in [0.2, 0.25) is 0 Å². The van der Waals surface area contributed by atoms with E-state index in [0.717, 1.165) is 31.6 Å². The molecule has 0 N–H and O–H groups in total. The highest BCUT2D eigenvalue weighted by Crippen LogP contribution is 2.03. The van der Waals surface area contributed by atoms with E-state index in [2.05, 4.69) is 28.3 Å². The third kappa shape index (κ3) is 4.25. The lowest BCUT2D eigenvalue weighted by Crippen LogP contribution is -2.26. The molecule has 18 heavy (non-hydrogen) atoms. The maximum Gasteiger partial charge on any atom is 0.298 e. The zero-order valence-electron chi connectivity index (χ0n) is 11.4. The minimum atomic E-state index is -0.116. The van der Waals surface area contributed by atoms with Crippen LogP contribution in [0, 0.1) is 11.8 Å². The Balaban J connectivity index is 2.38. The van der Waals surface area contributed by atoms with Crippen LogP contribution in [0.5, 0.6) is 0 Å². The minimum absolute atomic E-state index is 0.116. The molecule has 4 nitrogen and oxygen atoms in total. The molecule has 0 aliphatic rings. The van der Waals surface area contributed by atoms with Crippen LogP contribution < -0.4 is 0 Å². The first-order chi connectivity index (χ1) is 8.69. The van der Waals surface area contributed by atoms with E-state index in [4.69, 9.17) is 0 Å². The normalized spacial score (nSPS) is 9.72. The predicted molar refractivity (Wildman–Crippen MR) is 71.9 cm³/mol. The molecule has 0 aromatic carbocycles. The highest BCUT2D eigenvalue weighted by molar-refractivity contribution is 5.93. The first kappa shape index (κ1) is 14.3. The van der Waals surface area contributed by atoms with Crippen LogP contribution in [-0.2, 0) is 17.8 Å². The molecule has 0 atom stereocenters. The Kier molecular flexibility index (Phi) is 5.99. The van der Waals surface area contributed by atoms with Gasteiger partial charge in [-0.3, -0.25) is 4.79 Å². The number of imidazole rings is 1. The highest BCUT2D eigenvalue weighted by atomic mass is 16.2. The fourth-order valence-electron chi connectivity index (χ4n) is 1.79. The minimum Gasteiger partial charge on any atom is -0.335 e. The molecule has 0 aliphatic heterocycles. The van der Waals surface area contributed by atoms with Gasteiger partial charge in [-0.1, -0.05) is 12.8 Å². The Morgan fingerprint density at radius 1 is 1.56 bits per heavy atom. The summed E-state index contributed by atoms with van der Waals surface area (Å²) >= 11 is 0. The van der Waals surface area contributed by atoms with Gasteiger partial charge in [-0.05, 0) is 25.7 Å². The van der Waals surface area contributed by atoms with Gasteiger partial charge in [-0.2, -0.15) is 0 Å². The Labute approximate surface area is 109 Å². The zero-order valence-corrected chi connectivity index (χ0v) is 11.4. The standard InChI is InChI=1S/C14H21N3O/c1-4-7-14(18)16(3)11-6-8-13-15-9-12-17(13)10-5-2/h9,12H,5-6,8,10-11H2,1-3H3. The van der Waals surface area contributed by atoms with Crippen LogP contribution in [0.25, 0.3) is 0 Å². The van der Waals surface area contributed by atoms with E-state index in [9.17, 15) is 4.79 Å². The van der Waals surface area contributed by atoms with Gasteiger partial charge >= 0.3 is 0 Å². The van der Waals surface area contributed by atoms with Gasteiger partial charge in [0.25, 0.3) is 5.91 Å². The van der Waals surface area contributed by atoms with Crippen molar-refractivity contribution >= 4 is 5.91 Å². The lowest BCUT2D eigenvalue weighted by atomic mass is 10.2. The maximum absolute atomic E-state index is 11.4. The molecule has 0 saturated carbocycles.